The fraction of sp³-hybridized carbons (Fsp3) is 0.846. The van der Waals surface area contributed by atoms with Crippen LogP contribution in [0.15, 0.2) is 0 Å². The number of carboxylic acid groups (broad SMARTS) is 1. The third kappa shape index (κ3) is 3.55. The molecule has 0 radical (unpaired) electrons. The summed E-state index contributed by atoms with van der Waals surface area (Å²) in [6.07, 6.45) is 4.27. The largest absolute Gasteiger partial charge is 0.481 e. The van der Waals surface area contributed by atoms with Crippen molar-refractivity contribution in [1.82, 2.24) is 10.2 Å². The van der Waals surface area contributed by atoms with Gasteiger partial charge in [0.15, 0.2) is 0 Å². The Bertz CT molecular complexity index is 335. The summed E-state index contributed by atoms with van der Waals surface area (Å²) in [6.45, 7) is 1.81. The van der Waals surface area contributed by atoms with Crippen molar-refractivity contribution in [2.24, 2.45) is 5.41 Å². The minimum Gasteiger partial charge on any atom is -0.481 e. The quantitative estimate of drug-likeness (QED) is 0.829. The van der Waals surface area contributed by atoms with Gasteiger partial charge in [0.05, 0.1) is 5.41 Å². The summed E-state index contributed by atoms with van der Waals surface area (Å²) < 4.78 is 0. The summed E-state index contributed by atoms with van der Waals surface area (Å²) in [5, 5.41) is 12.2. The van der Waals surface area contributed by atoms with E-state index in [9.17, 15) is 14.7 Å². The highest BCUT2D eigenvalue weighted by Crippen LogP contribution is 2.37. The number of aliphatic carboxylic acids is 1. The normalized spacial score (nSPS) is 22.8. The number of thioether (sulfide) groups is 1. The number of hydrogen-bond donors (Lipinski definition) is 2. The maximum Gasteiger partial charge on any atom is 0.317 e. The van der Waals surface area contributed by atoms with Gasteiger partial charge in [0.25, 0.3) is 0 Å². The van der Waals surface area contributed by atoms with Gasteiger partial charge in [-0.2, -0.15) is 11.8 Å². The minimum atomic E-state index is -0.767. The van der Waals surface area contributed by atoms with Crippen LogP contribution in [0.1, 0.15) is 32.1 Å². The molecule has 0 aromatic carbocycles. The summed E-state index contributed by atoms with van der Waals surface area (Å²) >= 11 is 1.87. The van der Waals surface area contributed by atoms with Gasteiger partial charge in [0, 0.05) is 25.4 Å². The van der Waals surface area contributed by atoms with Crippen LogP contribution < -0.4 is 5.32 Å². The Kier molecular flexibility index (Phi) is 4.96. The first-order valence-electron chi connectivity index (χ1n) is 6.98. The number of urea groups is 1. The van der Waals surface area contributed by atoms with Crippen molar-refractivity contribution in [3.05, 3.63) is 0 Å². The molecule has 0 spiro atoms. The van der Waals surface area contributed by atoms with Crippen molar-refractivity contribution in [3.63, 3.8) is 0 Å². The minimum absolute atomic E-state index is 0.102. The van der Waals surface area contributed by atoms with Crippen molar-refractivity contribution >= 4 is 23.8 Å². The maximum atomic E-state index is 12.1. The Hall–Kier alpha value is -0.910. The van der Waals surface area contributed by atoms with Crippen LogP contribution in [0.3, 0.4) is 0 Å². The number of carboxylic acids is 1. The molecule has 2 fully saturated rings. The molecular weight excluding hydrogens is 264 g/mol. The third-order valence-corrected chi connectivity index (χ3v) is 5.15. The monoisotopic (exact) mass is 286 g/mol. The van der Waals surface area contributed by atoms with Crippen LogP contribution in [0.4, 0.5) is 4.79 Å². The van der Waals surface area contributed by atoms with Crippen LogP contribution in [-0.4, -0.2) is 53.1 Å². The third-order valence-electron chi connectivity index (χ3n) is 4.10. The van der Waals surface area contributed by atoms with Crippen LogP contribution in [0, 0.1) is 5.41 Å². The molecule has 0 unspecified atom stereocenters. The number of rotatable bonds is 3. The van der Waals surface area contributed by atoms with Gasteiger partial charge in [0.2, 0.25) is 0 Å². The highest BCUT2D eigenvalue weighted by Gasteiger charge is 2.41. The average molecular weight is 286 g/mol. The lowest BCUT2D eigenvalue weighted by Crippen LogP contribution is -2.47. The Balaban J connectivity index is 1.86. The predicted octanol–water partition coefficient (Wildman–Crippen LogP) is 1.78. The molecule has 1 aliphatic carbocycles. The molecule has 1 saturated heterocycles. The SMILES string of the molecule is O=C(NCC1(C(=O)O)CCCC1)N1CCCSCC1. The number of amides is 2. The molecule has 19 heavy (non-hydrogen) atoms. The average Bonchev–Trinajstić information content (AvgIpc) is 2.72. The zero-order valence-electron chi connectivity index (χ0n) is 11.2. The smallest absolute Gasteiger partial charge is 0.317 e. The molecule has 2 aliphatic rings. The summed E-state index contributed by atoms with van der Waals surface area (Å²) in [7, 11) is 0. The fourth-order valence-electron chi connectivity index (χ4n) is 2.82. The fourth-order valence-corrected chi connectivity index (χ4v) is 3.71. The standard InChI is InChI=1S/C13H22N2O3S/c16-11(17)13(4-1-2-5-13)10-14-12(18)15-6-3-8-19-9-7-15/h1-10H2,(H,14,18)(H,16,17). The lowest BCUT2D eigenvalue weighted by Gasteiger charge is -2.27. The summed E-state index contributed by atoms with van der Waals surface area (Å²) in [5.74, 6) is 1.30. The predicted molar refractivity (Wildman–Crippen MR) is 75.5 cm³/mol. The van der Waals surface area contributed by atoms with E-state index < -0.39 is 11.4 Å². The van der Waals surface area contributed by atoms with E-state index in [1.807, 2.05) is 16.7 Å². The highest BCUT2D eigenvalue weighted by atomic mass is 32.2. The van der Waals surface area contributed by atoms with E-state index >= 15 is 0 Å². The van der Waals surface area contributed by atoms with E-state index in [-0.39, 0.29) is 12.6 Å². The number of carbonyl (C=O) groups excluding carboxylic acids is 1. The molecule has 1 heterocycles. The van der Waals surface area contributed by atoms with Crippen molar-refractivity contribution in [2.45, 2.75) is 32.1 Å². The van der Waals surface area contributed by atoms with Crippen LogP contribution in [0.2, 0.25) is 0 Å². The second-order valence-electron chi connectivity index (χ2n) is 5.40. The van der Waals surface area contributed by atoms with Crippen molar-refractivity contribution in [1.29, 1.82) is 0 Å². The molecule has 2 amide bonds. The lowest BCUT2D eigenvalue weighted by molar-refractivity contribution is -0.148. The molecule has 0 aromatic rings. The van der Waals surface area contributed by atoms with Gasteiger partial charge in [-0.3, -0.25) is 4.79 Å². The first-order valence-corrected chi connectivity index (χ1v) is 8.13. The molecule has 0 atom stereocenters. The first-order chi connectivity index (χ1) is 9.14. The van der Waals surface area contributed by atoms with E-state index in [4.69, 9.17) is 0 Å². The van der Waals surface area contributed by atoms with E-state index in [1.54, 1.807) is 0 Å². The van der Waals surface area contributed by atoms with Gasteiger partial charge >= 0.3 is 12.0 Å². The van der Waals surface area contributed by atoms with Crippen LogP contribution in [0.5, 0.6) is 0 Å². The van der Waals surface area contributed by atoms with Gasteiger partial charge in [0.1, 0.15) is 0 Å². The van der Waals surface area contributed by atoms with E-state index in [1.165, 1.54) is 0 Å². The molecule has 1 aliphatic heterocycles. The van der Waals surface area contributed by atoms with E-state index in [0.717, 1.165) is 43.9 Å². The molecule has 2 rings (SSSR count). The summed E-state index contributed by atoms with van der Waals surface area (Å²) in [4.78, 5) is 25.3. The topological polar surface area (TPSA) is 69.6 Å². The second kappa shape index (κ2) is 6.50. The second-order valence-corrected chi connectivity index (χ2v) is 6.63. The number of hydrogen-bond acceptors (Lipinski definition) is 3. The Labute approximate surface area is 118 Å². The Morgan fingerprint density at radius 3 is 2.58 bits per heavy atom. The number of nitrogens with zero attached hydrogens (tertiary/aromatic N) is 1. The van der Waals surface area contributed by atoms with Crippen LogP contribution in [-0.2, 0) is 4.79 Å². The molecule has 5 nitrogen and oxygen atoms in total. The molecule has 1 saturated carbocycles. The maximum absolute atomic E-state index is 12.1. The molecular formula is C13H22N2O3S. The summed E-state index contributed by atoms with van der Waals surface area (Å²) in [6, 6.07) is -0.102. The van der Waals surface area contributed by atoms with Gasteiger partial charge in [-0.1, -0.05) is 12.8 Å². The molecule has 0 bridgehead atoms. The molecule has 108 valence electrons. The van der Waals surface area contributed by atoms with E-state index in [2.05, 4.69) is 5.32 Å². The van der Waals surface area contributed by atoms with E-state index in [0.29, 0.717) is 12.8 Å². The van der Waals surface area contributed by atoms with Gasteiger partial charge in [-0.15, -0.1) is 0 Å². The molecule has 6 heteroatoms. The van der Waals surface area contributed by atoms with Crippen molar-refractivity contribution < 1.29 is 14.7 Å². The number of nitrogens with one attached hydrogen (secondary N) is 1. The van der Waals surface area contributed by atoms with Gasteiger partial charge in [-0.05, 0) is 25.0 Å². The molecule has 0 aromatic heterocycles. The van der Waals surface area contributed by atoms with Crippen LogP contribution in [0.25, 0.3) is 0 Å². The zero-order valence-corrected chi connectivity index (χ0v) is 12.0. The van der Waals surface area contributed by atoms with Gasteiger partial charge in [-0.25, -0.2) is 4.79 Å². The zero-order chi connectivity index (χ0) is 13.7. The van der Waals surface area contributed by atoms with Crippen molar-refractivity contribution in [2.75, 3.05) is 31.1 Å². The highest BCUT2D eigenvalue weighted by molar-refractivity contribution is 7.99. The lowest BCUT2D eigenvalue weighted by atomic mass is 9.86. The molecule has 2 N–H and O–H groups in total. The Morgan fingerprint density at radius 2 is 1.89 bits per heavy atom. The van der Waals surface area contributed by atoms with Crippen molar-refractivity contribution in [3.8, 4) is 0 Å². The first kappa shape index (κ1) is 14.5. The van der Waals surface area contributed by atoms with Crippen LogP contribution >= 0.6 is 11.8 Å². The van der Waals surface area contributed by atoms with Gasteiger partial charge < -0.3 is 15.3 Å². The Morgan fingerprint density at radius 1 is 1.16 bits per heavy atom. The number of carbonyl (C=O) groups is 2. The summed E-state index contributed by atoms with van der Waals surface area (Å²) in [5.41, 5.74) is -0.726.